The zero-order valence-electron chi connectivity index (χ0n) is 11.8. The summed E-state index contributed by atoms with van der Waals surface area (Å²) < 4.78 is 0. The molecule has 1 aliphatic rings. The van der Waals surface area contributed by atoms with Crippen molar-refractivity contribution in [3.8, 4) is 0 Å². The van der Waals surface area contributed by atoms with Gasteiger partial charge in [-0.05, 0) is 49.2 Å². The summed E-state index contributed by atoms with van der Waals surface area (Å²) in [6.45, 7) is 2.26. The van der Waals surface area contributed by atoms with E-state index >= 15 is 0 Å². The lowest BCUT2D eigenvalue weighted by molar-refractivity contribution is 1.01. The van der Waals surface area contributed by atoms with Gasteiger partial charge >= 0.3 is 0 Å². The van der Waals surface area contributed by atoms with Crippen LogP contribution in [0.1, 0.15) is 19.8 Å². The predicted molar refractivity (Wildman–Crippen MR) is 90.1 cm³/mol. The molecule has 0 saturated heterocycles. The smallest absolute Gasteiger partial charge is 0.0135 e. The van der Waals surface area contributed by atoms with Crippen molar-refractivity contribution in [3.63, 3.8) is 0 Å². The maximum Gasteiger partial charge on any atom is -0.0135 e. The summed E-state index contributed by atoms with van der Waals surface area (Å²) in [5, 5.41) is 4.41. The third kappa shape index (κ3) is 2.76. The maximum absolute atomic E-state index is 2.45. The summed E-state index contributed by atoms with van der Waals surface area (Å²) >= 11 is 0. The van der Waals surface area contributed by atoms with Crippen LogP contribution in [0.25, 0.3) is 0 Å². The zero-order valence-corrected chi connectivity index (χ0v) is 12.7. The summed E-state index contributed by atoms with van der Waals surface area (Å²) in [6, 6.07) is 21.9. The molecule has 0 unspecified atom stereocenters. The van der Waals surface area contributed by atoms with Crippen molar-refractivity contribution in [2.45, 2.75) is 19.8 Å². The van der Waals surface area contributed by atoms with Crippen molar-refractivity contribution < 1.29 is 0 Å². The van der Waals surface area contributed by atoms with Gasteiger partial charge in [0, 0.05) is 0 Å². The Labute approximate surface area is 122 Å². The monoisotopic (exact) mass is 278 g/mol. The van der Waals surface area contributed by atoms with E-state index in [2.05, 4.69) is 79.7 Å². The van der Waals surface area contributed by atoms with Crippen LogP contribution in [0.5, 0.6) is 0 Å². The minimum atomic E-state index is -0.416. The van der Waals surface area contributed by atoms with Gasteiger partial charge in [0.25, 0.3) is 0 Å². The van der Waals surface area contributed by atoms with Crippen LogP contribution in [0.3, 0.4) is 0 Å². The average molecular weight is 278 g/mol. The standard InChI is InChI=1S/C19H19P/c1-16-10-8-9-15-19(16)20(17-11-4-2-5-12-17)18-13-6-3-7-14-18/h2-7,10-15H,8-9H2,1H3. The Morgan fingerprint density at radius 3 is 1.70 bits per heavy atom. The Morgan fingerprint density at radius 1 is 0.700 bits per heavy atom. The van der Waals surface area contributed by atoms with Gasteiger partial charge in [0.2, 0.25) is 0 Å². The number of allylic oxidation sites excluding steroid dienone is 4. The Bertz CT molecular complexity index is 584. The Balaban J connectivity index is 2.10. The van der Waals surface area contributed by atoms with Crippen LogP contribution in [-0.4, -0.2) is 0 Å². The van der Waals surface area contributed by atoms with Crippen molar-refractivity contribution in [3.05, 3.63) is 83.7 Å². The largest absolute Gasteiger partial charge is 0.0806 e. The maximum atomic E-state index is 2.45. The highest BCUT2D eigenvalue weighted by atomic mass is 31.1. The molecule has 20 heavy (non-hydrogen) atoms. The summed E-state index contributed by atoms with van der Waals surface area (Å²) in [5.74, 6) is 0. The molecule has 0 radical (unpaired) electrons. The third-order valence-electron chi connectivity index (χ3n) is 3.63. The van der Waals surface area contributed by atoms with Gasteiger partial charge in [-0.2, -0.15) is 0 Å². The molecule has 3 rings (SSSR count). The predicted octanol–water partition coefficient (Wildman–Crippen LogP) is 4.74. The van der Waals surface area contributed by atoms with E-state index in [0.29, 0.717) is 0 Å². The van der Waals surface area contributed by atoms with E-state index in [1.165, 1.54) is 34.3 Å². The number of hydrogen-bond donors (Lipinski definition) is 0. The second-order valence-corrected chi connectivity index (χ2v) is 7.25. The molecule has 0 aliphatic heterocycles. The molecule has 0 aromatic heterocycles. The lowest BCUT2D eigenvalue weighted by atomic mass is 10.1. The van der Waals surface area contributed by atoms with Crippen molar-refractivity contribution in [1.82, 2.24) is 0 Å². The molecule has 0 saturated carbocycles. The molecule has 0 fully saturated rings. The van der Waals surface area contributed by atoms with Gasteiger partial charge < -0.3 is 0 Å². The highest BCUT2D eigenvalue weighted by Crippen LogP contribution is 2.47. The van der Waals surface area contributed by atoms with Gasteiger partial charge in [0.15, 0.2) is 0 Å². The fourth-order valence-electron chi connectivity index (χ4n) is 2.63. The first-order valence-corrected chi connectivity index (χ1v) is 8.48. The van der Waals surface area contributed by atoms with E-state index in [0.717, 1.165) is 0 Å². The molecule has 1 aliphatic carbocycles. The molecule has 100 valence electrons. The number of hydrogen-bond acceptors (Lipinski definition) is 0. The van der Waals surface area contributed by atoms with Gasteiger partial charge in [-0.1, -0.05) is 72.8 Å². The average Bonchev–Trinajstić information content (AvgIpc) is 2.52. The van der Waals surface area contributed by atoms with Crippen LogP contribution in [0, 0.1) is 0 Å². The van der Waals surface area contributed by atoms with E-state index in [-0.39, 0.29) is 0 Å². The van der Waals surface area contributed by atoms with Gasteiger partial charge in [-0.15, -0.1) is 0 Å². The summed E-state index contributed by atoms with van der Waals surface area (Å²) in [4.78, 5) is 0. The molecule has 2 aromatic rings. The normalized spacial score (nSPS) is 14.9. The van der Waals surface area contributed by atoms with E-state index in [1.807, 2.05) is 0 Å². The molecular weight excluding hydrogens is 259 g/mol. The SMILES string of the molecule is CC1=CCCC=C1P(c1ccccc1)c1ccccc1. The topological polar surface area (TPSA) is 0 Å². The number of benzene rings is 2. The quantitative estimate of drug-likeness (QED) is 0.711. The van der Waals surface area contributed by atoms with E-state index in [9.17, 15) is 0 Å². The summed E-state index contributed by atoms with van der Waals surface area (Å²) in [6.07, 6.45) is 7.19. The summed E-state index contributed by atoms with van der Waals surface area (Å²) in [5.41, 5.74) is 1.45. The highest BCUT2D eigenvalue weighted by Gasteiger charge is 2.20. The molecule has 0 bridgehead atoms. The van der Waals surface area contributed by atoms with Crippen molar-refractivity contribution >= 4 is 18.5 Å². The van der Waals surface area contributed by atoms with Crippen LogP contribution in [0.15, 0.2) is 83.7 Å². The molecule has 0 spiro atoms. The van der Waals surface area contributed by atoms with Gasteiger partial charge in [0.1, 0.15) is 0 Å². The molecule has 0 amide bonds. The highest BCUT2D eigenvalue weighted by molar-refractivity contribution is 7.77. The lowest BCUT2D eigenvalue weighted by Gasteiger charge is -2.25. The van der Waals surface area contributed by atoms with Crippen LogP contribution in [-0.2, 0) is 0 Å². The van der Waals surface area contributed by atoms with Crippen LogP contribution >= 0.6 is 7.92 Å². The molecule has 1 heteroatoms. The van der Waals surface area contributed by atoms with Crippen molar-refractivity contribution in [2.24, 2.45) is 0 Å². The molecule has 2 aromatic carbocycles. The zero-order chi connectivity index (χ0) is 13.8. The minimum Gasteiger partial charge on any atom is -0.0806 e. The molecule has 0 atom stereocenters. The molecule has 0 heterocycles. The fourth-order valence-corrected chi connectivity index (χ4v) is 5.19. The van der Waals surface area contributed by atoms with E-state index in [4.69, 9.17) is 0 Å². The van der Waals surface area contributed by atoms with Crippen molar-refractivity contribution in [2.75, 3.05) is 0 Å². The second kappa shape index (κ2) is 6.20. The number of rotatable bonds is 3. The summed E-state index contributed by atoms with van der Waals surface area (Å²) in [7, 11) is -0.416. The first-order valence-electron chi connectivity index (χ1n) is 7.14. The fraction of sp³-hybridized carbons (Fsp3) is 0.158. The Hall–Kier alpha value is -1.65. The first-order chi connectivity index (χ1) is 9.86. The minimum absolute atomic E-state index is 0.416. The van der Waals surface area contributed by atoms with Gasteiger partial charge in [-0.25, -0.2) is 0 Å². The van der Waals surface area contributed by atoms with E-state index < -0.39 is 7.92 Å². The first kappa shape index (κ1) is 13.3. The Morgan fingerprint density at radius 2 is 1.20 bits per heavy atom. The van der Waals surface area contributed by atoms with Crippen molar-refractivity contribution in [1.29, 1.82) is 0 Å². The second-order valence-electron chi connectivity index (χ2n) is 5.06. The van der Waals surface area contributed by atoms with Crippen LogP contribution in [0.4, 0.5) is 0 Å². The van der Waals surface area contributed by atoms with Gasteiger partial charge in [0.05, 0.1) is 0 Å². The van der Waals surface area contributed by atoms with Gasteiger partial charge in [-0.3, -0.25) is 0 Å². The molecular formula is C19H19P. The van der Waals surface area contributed by atoms with Crippen LogP contribution < -0.4 is 10.6 Å². The molecule has 0 N–H and O–H groups in total. The van der Waals surface area contributed by atoms with Crippen LogP contribution in [0.2, 0.25) is 0 Å². The Kier molecular flexibility index (Phi) is 4.14. The molecule has 0 nitrogen and oxygen atoms in total. The lowest BCUT2D eigenvalue weighted by Crippen LogP contribution is -2.14. The third-order valence-corrected chi connectivity index (χ3v) is 6.27. The van der Waals surface area contributed by atoms with E-state index in [1.54, 1.807) is 0 Å².